The van der Waals surface area contributed by atoms with Gasteiger partial charge in [0, 0.05) is 6.54 Å². The molecule has 13 heavy (non-hydrogen) atoms. The Bertz CT molecular complexity index is 264. The Balaban J connectivity index is 2.64. The summed E-state index contributed by atoms with van der Waals surface area (Å²) in [5.41, 5.74) is 2.46. The summed E-state index contributed by atoms with van der Waals surface area (Å²) in [6.45, 7) is 4.94. The molecule has 0 aromatic heterocycles. The van der Waals surface area contributed by atoms with Gasteiger partial charge < -0.3 is 5.32 Å². The van der Waals surface area contributed by atoms with Crippen LogP contribution >= 0.6 is 0 Å². The Morgan fingerprint density at radius 1 is 1.31 bits per heavy atom. The molecule has 1 amide bonds. The molecule has 0 spiro atoms. The predicted octanol–water partition coefficient (Wildman–Crippen LogP) is 2.06. The van der Waals surface area contributed by atoms with Crippen LogP contribution < -0.4 is 5.32 Å². The highest BCUT2D eigenvalue weighted by Crippen LogP contribution is 2.14. The van der Waals surface area contributed by atoms with Crippen molar-refractivity contribution in [3.8, 4) is 0 Å². The minimum atomic E-state index is 0.563. The summed E-state index contributed by atoms with van der Waals surface area (Å²) >= 11 is 0. The van der Waals surface area contributed by atoms with Crippen LogP contribution in [0.4, 0.5) is 0 Å². The van der Waals surface area contributed by atoms with E-state index in [1.165, 1.54) is 5.56 Å². The average Bonchev–Trinajstić information content (AvgIpc) is 2.15. The average molecular weight is 177 g/mol. The van der Waals surface area contributed by atoms with Crippen LogP contribution in [0.15, 0.2) is 24.3 Å². The van der Waals surface area contributed by atoms with E-state index in [1.807, 2.05) is 12.1 Å². The third-order valence-electron chi connectivity index (χ3n) is 2.04. The van der Waals surface area contributed by atoms with E-state index in [0.29, 0.717) is 12.5 Å². The lowest BCUT2D eigenvalue weighted by Gasteiger charge is -2.06. The van der Waals surface area contributed by atoms with Crippen molar-refractivity contribution in [2.45, 2.75) is 26.3 Å². The van der Waals surface area contributed by atoms with Gasteiger partial charge in [-0.05, 0) is 17.0 Å². The third kappa shape index (κ3) is 2.90. The first-order chi connectivity index (χ1) is 6.24. The second-order valence-electron chi connectivity index (χ2n) is 3.40. The van der Waals surface area contributed by atoms with E-state index in [4.69, 9.17) is 0 Å². The molecule has 70 valence electrons. The van der Waals surface area contributed by atoms with Crippen molar-refractivity contribution in [1.82, 2.24) is 5.32 Å². The van der Waals surface area contributed by atoms with Crippen LogP contribution in [-0.2, 0) is 11.3 Å². The molecule has 0 saturated heterocycles. The SMILES string of the molecule is CC(C)c1ccc(CNC=O)cc1. The Morgan fingerprint density at radius 3 is 2.38 bits per heavy atom. The van der Waals surface area contributed by atoms with Gasteiger partial charge in [0.2, 0.25) is 6.41 Å². The van der Waals surface area contributed by atoms with Crippen LogP contribution in [0.3, 0.4) is 0 Å². The van der Waals surface area contributed by atoms with Crippen molar-refractivity contribution >= 4 is 6.41 Å². The molecule has 0 aliphatic heterocycles. The maximum absolute atomic E-state index is 10.0. The van der Waals surface area contributed by atoms with Gasteiger partial charge in [0.05, 0.1) is 0 Å². The normalized spacial score (nSPS) is 10.1. The highest BCUT2D eigenvalue weighted by molar-refractivity contribution is 5.46. The molecular formula is C11H15NO. The van der Waals surface area contributed by atoms with E-state index >= 15 is 0 Å². The number of benzene rings is 1. The monoisotopic (exact) mass is 177 g/mol. The molecule has 1 aromatic rings. The van der Waals surface area contributed by atoms with Gasteiger partial charge >= 0.3 is 0 Å². The van der Waals surface area contributed by atoms with Crippen molar-refractivity contribution in [1.29, 1.82) is 0 Å². The van der Waals surface area contributed by atoms with E-state index in [-0.39, 0.29) is 0 Å². The molecule has 0 bridgehead atoms. The lowest BCUT2D eigenvalue weighted by Crippen LogP contribution is -2.09. The van der Waals surface area contributed by atoms with Crippen LogP contribution in [-0.4, -0.2) is 6.41 Å². The second kappa shape index (κ2) is 4.65. The molecule has 2 heteroatoms. The summed E-state index contributed by atoms with van der Waals surface area (Å²) < 4.78 is 0. The molecule has 2 nitrogen and oxygen atoms in total. The largest absolute Gasteiger partial charge is 0.355 e. The van der Waals surface area contributed by atoms with E-state index in [9.17, 15) is 4.79 Å². The molecule has 1 rings (SSSR count). The molecule has 0 aliphatic carbocycles. The van der Waals surface area contributed by atoms with E-state index in [0.717, 1.165) is 12.0 Å². The fourth-order valence-corrected chi connectivity index (χ4v) is 1.18. The first-order valence-corrected chi connectivity index (χ1v) is 4.50. The summed E-state index contributed by atoms with van der Waals surface area (Å²) in [6.07, 6.45) is 0.719. The fraction of sp³-hybridized carbons (Fsp3) is 0.364. The Labute approximate surface area is 79.0 Å². The molecule has 0 aliphatic rings. The molecule has 0 radical (unpaired) electrons. The van der Waals surface area contributed by atoms with Crippen molar-refractivity contribution in [2.24, 2.45) is 0 Å². The highest BCUT2D eigenvalue weighted by Gasteiger charge is 1.97. The molecule has 0 saturated carbocycles. The Kier molecular flexibility index (Phi) is 3.50. The topological polar surface area (TPSA) is 29.1 Å². The number of hydrogen-bond donors (Lipinski definition) is 1. The van der Waals surface area contributed by atoms with Gasteiger partial charge in [-0.1, -0.05) is 38.1 Å². The number of carbonyl (C=O) groups excluding carboxylic acids is 1. The number of amides is 1. The Morgan fingerprint density at radius 2 is 1.92 bits per heavy atom. The van der Waals surface area contributed by atoms with E-state index < -0.39 is 0 Å². The molecule has 0 fully saturated rings. The highest BCUT2D eigenvalue weighted by atomic mass is 16.1. The lowest BCUT2D eigenvalue weighted by atomic mass is 10.0. The quantitative estimate of drug-likeness (QED) is 0.701. The second-order valence-corrected chi connectivity index (χ2v) is 3.40. The zero-order chi connectivity index (χ0) is 9.68. The van der Waals surface area contributed by atoms with Crippen molar-refractivity contribution in [3.63, 3.8) is 0 Å². The van der Waals surface area contributed by atoms with Crippen LogP contribution in [0, 0.1) is 0 Å². The molecule has 0 atom stereocenters. The minimum absolute atomic E-state index is 0.563. The van der Waals surface area contributed by atoms with Gasteiger partial charge in [0.1, 0.15) is 0 Å². The smallest absolute Gasteiger partial charge is 0.207 e. The summed E-state index contributed by atoms with van der Waals surface area (Å²) in [5.74, 6) is 0.563. The van der Waals surface area contributed by atoms with Crippen molar-refractivity contribution in [2.75, 3.05) is 0 Å². The third-order valence-corrected chi connectivity index (χ3v) is 2.04. The molecule has 0 unspecified atom stereocenters. The van der Waals surface area contributed by atoms with Crippen molar-refractivity contribution < 1.29 is 4.79 Å². The number of rotatable bonds is 4. The standard InChI is InChI=1S/C11H15NO/c1-9(2)11-5-3-10(4-6-11)7-12-8-13/h3-6,8-9H,7H2,1-2H3,(H,12,13). The zero-order valence-corrected chi connectivity index (χ0v) is 8.08. The Hall–Kier alpha value is -1.31. The fourth-order valence-electron chi connectivity index (χ4n) is 1.18. The van der Waals surface area contributed by atoms with Gasteiger partial charge in [-0.25, -0.2) is 0 Å². The van der Waals surface area contributed by atoms with Crippen LogP contribution in [0.2, 0.25) is 0 Å². The van der Waals surface area contributed by atoms with Crippen molar-refractivity contribution in [3.05, 3.63) is 35.4 Å². The number of nitrogens with one attached hydrogen (secondary N) is 1. The van der Waals surface area contributed by atoms with Crippen LogP contribution in [0.1, 0.15) is 30.9 Å². The van der Waals surface area contributed by atoms with E-state index in [2.05, 4.69) is 31.3 Å². The summed E-state index contributed by atoms with van der Waals surface area (Å²) in [4.78, 5) is 10.0. The van der Waals surface area contributed by atoms with E-state index in [1.54, 1.807) is 0 Å². The molecule has 1 N–H and O–H groups in total. The molecule has 0 heterocycles. The summed E-state index contributed by atoms with van der Waals surface area (Å²) in [7, 11) is 0. The summed E-state index contributed by atoms with van der Waals surface area (Å²) in [6, 6.07) is 8.30. The molecular weight excluding hydrogens is 162 g/mol. The van der Waals surface area contributed by atoms with Gasteiger partial charge in [-0.2, -0.15) is 0 Å². The minimum Gasteiger partial charge on any atom is -0.355 e. The maximum Gasteiger partial charge on any atom is 0.207 e. The zero-order valence-electron chi connectivity index (χ0n) is 8.08. The van der Waals surface area contributed by atoms with Gasteiger partial charge in [-0.15, -0.1) is 0 Å². The van der Waals surface area contributed by atoms with Gasteiger partial charge in [-0.3, -0.25) is 4.79 Å². The first-order valence-electron chi connectivity index (χ1n) is 4.50. The van der Waals surface area contributed by atoms with Gasteiger partial charge in [0.15, 0.2) is 0 Å². The number of carbonyl (C=O) groups is 1. The van der Waals surface area contributed by atoms with Gasteiger partial charge in [0.25, 0.3) is 0 Å². The first kappa shape index (κ1) is 9.78. The summed E-state index contributed by atoms with van der Waals surface area (Å²) in [5, 5.41) is 2.63. The maximum atomic E-state index is 10.0. The number of hydrogen-bond acceptors (Lipinski definition) is 1. The molecule has 1 aromatic carbocycles. The lowest BCUT2D eigenvalue weighted by molar-refractivity contribution is -0.109. The predicted molar refractivity (Wildman–Crippen MR) is 53.4 cm³/mol. The van der Waals surface area contributed by atoms with Crippen LogP contribution in [0.25, 0.3) is 0 Å². The van der Waals surface area contributed by atoms with Crippen LogP contribution in [0.5, 0.6) is 0 Å².